The highest BCUT2D eigenvalue weighted by molar-refractivity contribution is 5.90. The number of carbonyl (C=O) groups excluding carboxylic acids is 2. The lowest BCUT2D eigenvalue weighted by Crippen LogP contribution is -2.81. The number of phenols is 3. The van der Waals surface area contributed by atoms with Crippen molar-refractivity contribution in [2.45, 2.75) is 128 Å². The van der Waals surface area contributed by atoms with Crippen molar-refractivity contribution in [3.8, 4) is 58.0 Å². The topological polar surface area (TPSA) is 421 Å². The zero-order valence-corrected chi connectivity index (χ0v) is 44.2. The number of aromatic hydroxyl groups is 3. The lowest BCUT2D eigenvalue weighted by atomic mass is 9.67. The van der Waals surface area contributed by atoms with Crippen LogP contribution in [0.2, 0.25) is 0 Å². The van der Waals surface area contributed by atoms with Crippen LogP contribution in [-0.4, -0.2) is 174 Å². The molecule has 4 aromatic rings. The van der Waals surface area contributed by atoms with E-state index in [1.807, 2.05) is 12.0 Å². The molecule has 13 rings (SSSR count). The van der Waals surface area contributed by atoms with Crippen LogP contribution in [0.25, 0.3) is 22.3 Å². The van der Waals surface area contributed by atoms with Crippen molar-refractivity contribution >= 4 is 29.2 Å². The number of carboxylic acids is 1. The molecular weight excluding hydrogens is 1100 g/mol. The second-order valence-electron chi connectivity index (χ2n) is 22.5. The van der Waals surface area contributed by atoms with Gasteiger partial charge in [0.1, 0.15) is 52.3 Å². The molecule has 0 radical (unpaired) electrons. The maximum absolute atomic E-state index is 16.0. The summed E-state index contributed by atoms with van der Waals surface area (Å²) in [6, 6.07) is 6.20. The number of nitrogens with one attached hydrogen (secondary N) is 3. The monoisotopic (exact) mass is 1160 g/mol. The Labute approximate surface area is 475 Å². The SMILES string of the molecule is O=CCC(CO)CC12OC(=O)C3(CC#CC(C(=O)O)(O1)C(O)(O)C(O)C2O)OC12Oc4cc5oc(-c6cc(O)c(O)c(CCO)c6)cc(=O)c5c(O)c4C(C4=CNC5NC6C=CCC(C6)C5=C4)C=C1Cc1[nH]ccc1C#CCC3(O)C(O)C2O. The van der Waals surface area contributed by atoms with Crippen LogP contribution in [0, 0.1) is 35.5 Å². The number of ether oxygens (including phenoxy) is 4. The Morgan fingerprint density at radius 2 is 1.73 bits per heavy atom. The number of aliphatic carboxylic acids is 1. The summed E-state index contributed by atoms with van der Waals surface area (Å²) in [6.45, 7) is -1.41. The number of fused-ring (bicyclic) bond motifs is 10. The summed E-state index contributed by atoms with van der Waals surface area (Å²) >= 11 is 0. The number of benzene rings is 2. The smallest absolute Gasteiger partial charge is 0.354 e. The van der Waals surface area contributed by atoms with Crippen LogP contribution in [0.3, 0.4) is 0 Å². The second-order valence-corrected chi connectivity index (χ2v) is 22.5. The van der Waals surface area contributed by atoms with E-state index < -0.39 is 167 Å². The highest BCUT2D eigenvalue weighted by Crippen LogP contribution is 2.58. The molecule has 2 spiro atoms. The van der Waals surface area contributed by atoms with Gasteiger partial charge in [0.25, 0.3) is 11.4 Å². The van der Waals surface area contributed by atoms with Gasteiger partial charge in [-0.1, -0.05) is 42.1 Å². The Bertz CT molecular complexity index is 3780. The predicted molar refractivity (Wildman–Crippen MR) is 284 cm³/mol. The zero-order valence-electron chi connectivity index (χ0n) is 44.2. The Morgan fingerprint density at radius 3 is 2.48 bits per heavy atom. The number of aromatic amines is 1. The van der Waals surface area contributed by atoms with E-state index >= 15 is 4.79 Å². The molecule has 7 aliphatic heterocycles. The average Bonchev–Trinajstić information content (AvgIpc) is 1.27. The lowest BCUT2D eigenvalue weighted by molar-refractivity contribution is -0.434. The summed E-state index contributed by atoms with van der Waals surface area (Å²) in [5.74, 6) is -10.2. The van der Waals surface area contributed by atoms with Crippen molar-refractivity contribution in [1.29, 1.82) is 0 Å². The third-order valence-corrected chi connectivity index (χ3v) is 17.6. The van der Waals surface area contributed by atoms with Crippen molar-refractivity contribution in [2.75, 3.05) is 13.2 Å². The predicted octanol–water partition coefficient (Wildman–Crippen LogP) is -1.07. The standard InChI is InChI=1S/C59H57N3O22/c63-14-8-27(26-65)24-57-48(71)50(73)59(78,79)55(83-57,52(74)75)11-3-12-56(53(76)82-57)54(77)10-2-5-28-7-13-60-37(28)21-33-20-35(32-18-36-29-4-1-6-34(17-29)62-51(36)61-25-32)43-42(81-58(33,84-56)49(72)47(54)70)23-41-44(46(43)69)38(66)22-40(80-41)31-16-30(9-15-64)45(68)39(67)19-31/h1,6-7,13-14,16,18-20,22-23,25,27,29,34-35,47-51,60-62,64-65,67-73,77-79H,4,8-10,12,15,17,21,24,26H2,(H,74,75). The van der Waals surface area contributed by atoms with E-state index in [0.717, 1.165) is 30.2 Å². The quantitative estimate of drug-likeness (QED) is 0.0224. The molecule has 14 unspecified atom stereocenters. The van der Waals surface area contributed by atoms with Gasteiger partial charge >= 0.3 is 11.9 Å². The minimum Gasteiger partial charge on any atom is -0.507 e. The number of H-pyrrole nitrogens is 1. The van der Waals surface area contributed by atoms with E-state index in [2.05, 4.69) is 45.5 Å². The van der Waals surface area contributed by atoms with Crippen molar-refractivity contribution < 1.29 is 104 Å². The number of dihydropyridines is 1. The normalized spacial score (nSPS) is 34.5. The van der Waals surface area contributed by atoms with Crippen molar-refractivity contribution in [3.05, 3.63) is 116 Å². The van der Waals surface area contributed by atoms with Gasteiger partial charge in [-0.25, -0.2) is 9.59 Å². The Kier molecular flexibility index (Phi) is 13.6. The van der Waals surface area contributed by atoms with Gasteiger partial charge in [0, 0.05) is 109 Å². The molecule has 16 N–H and O–H groups in total. The second kappa shape index (κ2) is 20.2. The number of carboxylic acid groups (broad SMARTS) is 1. The number of carbonyl (C=O) groups is 3. The molecular formula is C59H57N3O22. The number of esters is 1. The van der Waals surface area contributed by atoms with Crippen molar-refractivity contribution in [2.24, 2.45) is 11.8 Å². The van der Waals surface area contributed by atoms with Gasteiger partial charge in [0.2, 0.25) is 17.2 Å². The number of aromatic nitrogens is 1. The molecule has 2 aromatic carbocycles. The molecule has 14 atom stereocenters. The van der Waals surface area contributed by atoms with Gasteiger partial charge in [-0.2, -0.15) is 0 Å². The highest BCUT2D eigenvalue weighted by atomic mass is 16.8. The summed E-state index contributed by atoms with van der Waals surface area (Å²) in [7, 11) is 0. The Morgan fingerprint density at radius 1 is 0.929 bits per heavy atom. The van der Waals surface area contributed by atoms with Gasteiger partial charge < -0.3 is 105 Å². The molecule has 2 aliphatic carbocycles. The van der Waals surface area contributed by atoms with Crippen LogP contribution < -0.4 is 20.8 Å². The first-order valence-corrected chi connectivity index (χ1v) is 27.0. The van der Waals surface area contributed by atoms with Crippen LogP contribution in [0.5, 0.6) is 23.0 Å². The van der Waals surface area contributed by atoms with Crippen molar-refractivity contribution in [1.82, 2.24) is 15.6 Å². The number of aliphatic hydroxyl groups is 9. The minimum absolute atomic E-state index is 0.0135. The fourth-order valence-corrected chi connectivity index (χ4v) is 13.1. The molecule has 6 bridgehead atoms. The van der Waals surface area contributed by atoms with Gasteiger partial charge in [-0.15, -0.1) is 0 Å². The van der Waals surface area contributed by atoms with E-state index in [9.17, 15) is 80.8 Å². The minimum atomic E-state index is -4.07. The zero-order chi connectivity index (χ0) is 59.6. The fraction of sp³-hybridized carbons (Fsp3) is 0.424. The molecule has 9 aliphatic rings. The van der Waals surface area contributed by atoms with Crippen LogP contribution in [-0.2, 0) is 41.4 Å². The molecule has 3 saturated heterocycles. The number of hydrogen-bond donors (Lipinski definition) is 16. The summed E-state index contributed by atoms with van der Waals surface area (Å²) < 4.78 is 32.2. The van der Waals surface area contributed by atoms with E-state index in [0.29, 0.717) is 24.0 Å². The summed E-state index contributed by atoms with van der Waals surface area (Å²) in [5, 5.41) is 158. The summed E-state index contributed by atoms with van der Waals surface area (Å²) in [5.41, 5.74) is -10.2. The lowest BCUT2D eigenvalue weighted by Gasteiger charge is -2.58. The molecule has 84 heavy (non-hydrogen) atoms. The molecule has 25 heteroatoms. The highest BCUT2D eigenvalue weighted by Gasteiger charge is 2.78. The van der Waals surface area contributed by atoms with Crippen LogP contribution in [0.15, 0.2) is 93.0 Å². The fourth-order valence-electron chi connectivity index (χ4n) is 13.1. The number of hydrogen-bond acceptors (Lipinski definition) is 23. The number of phenolic OH excluding ortho intramolecular Hbond substituents is 3. The first kappa shape index (κ1) is 56.6. The molecule has 0 saturated carbocycles. The first-order valence-electron chi connectivity index (χ1n) is 27.0. The van der Waals surface area contributed by atoms with Crippen LogP contribution >= 0.6 is 0 Å². The number of piperidine rings is 1. The summed E-state index contributed by atoms with van der Waals surface area (Å²) in [4.78, 5) is 59.1. The molecule has 9 heterocycles. The number of aliphatic hydroxyl groups excluding tert-OH is 6. The van der Waals surface area contributed by atoms with E-state index in [1.54, 1.807) is 12.3 Å². The van der Waals surface area contributed by atoms with E-state index in [4.69, 9.17) is 23.4 Å². The summed E-state index contributed by atoms with van der Waals surface area (Å²) in [6.07, 6.45) is -3.84. The largest absolute Gasteiger partial charge is 0.507 e. The van der Waals surface area contributed by atoms with E-state index in [-0.39, 0.29) is 58.1 Å². The Hall–Kier alpha value is -7.86. The molecule has 0 amide bonds. The first-order chi connectivity index (χ1) is 40.0. The Balaban J connectivity index is 1.14. The number of aldehydes is 1. The van der Waals surface area contributed by atoms with Gasteiger partial charge in [0.05, 0.1) is 12.6 Å². The molecule has 440 valence electrons. The average molecular weight is 1160 g/mol. The van der Waals surface area contributed by atoms with Gasteiger partial charge in [-0.3, -0.25) is 10.1 Å². The number of allylic oxidation sites excluding steroid dienone is 4. The maximum atomic E-state index is 16.0. The maximum Gasteiger partial charge on any atom is 0.354 e. The third kappa shape index (κ3) is 8.26. The molecule has 3 fully saturated rings. The van der Waals surface area contributed by atoms with Gasteiger partial charge in [0.15, 0.2) is 29.1 Å². The van der Waals surface area contributed by atoms with Crippen molar-refractivity contribution in [3.63, 3.8) is 0 Å². The van der Waals surface area contributed by atoms with E-state index in [1.165, 1.54) is 18.3 Å². The third-order valence-electron chi connectivity index (χ3n) is 17.6. The number of rotatable bonds is 10. The molecule has 25 nitrogen and oxygen atoms in total. The van der Waals surface area contributed by atoms with Crippen LogP contribution in [0.4, 0.5) is 0 Å². The van der Waals surface area contributed by atoms with Crippen LogP contribution in [0.1, 0.15) is 66.8 Å². The van der Waals surface area contributed by atoms with Gasteiger partial charge in [-0.05, 0) is 66.4 Å². The molecule has 2 aromatic heterocycles.